The minimum Gasteiger partial charge on any atom is -0.550 e. The largest absolute Gasteiger partial charge is 2.00 e. The van der Waals surface area contributed by atoms with E-state index >= 15 is 0 Å². The zero-order chi connectivity index (χ0) is 26.4. The van der Waals surface area contributed by atoms with E-state index in [-0.39, 0.29) is 50.1 Å². The number of rotatable bonds is 10. The Balaban J connectivity index is 0.00000400. The number of fused-ring (bicyclic) bond motifs is 1. The molecule has 0 spiro atoms. The van der Waals surface area contributed by atoms with Gasteiger partial charge in [-0.15, -0.1) is 0 Å². The third-order valence-corrected chi connectivity index (χ3v) is 7.78. The summed E-state index contributed by atoms with van der Waals surface area (Å²) in [5.41, 5.74) is 1.44. The van der Waals surface area contributed by atoms with Gasteiger partial charge in [-0.25, -0.2) is 0 Å². The standard InChI is InChI=1S/C29H34N2O6.Ca/c32-25(33)19-31-24-11-5-4-10-21(24)14-15-23(26(31)34)30-28(37)29(16-6-7-17-29)18-22(27(35)36)13-12-20-8-2-1-3-9-20;/h1-5,8-11,22-23H,6-7,12-19H2,(H,30,37)(H,32,33)(H,35,36);/q;+2/p-2/t22-,23+;/m1./s1. The van der Waals surface area contributed by atoms with E-state index in [2.05, 4.69) is 5.32 Å². The number of carbonyl (C=O) groups is 4. The summed E-state index contributed by atoms with van der Waals surface area (Å²) in [6.07, 6.45) is 4.56. The van der Waals surface area contributed by atoms with Crippen LogP contribution in [-0.4, -0.2) is 74.1 Å². The maximum atomic E-state index is 13.7. The SMILES string of the molecule is O=C([O-])CN1C(=O)[C@@H](NC(=O)C2(C[C@@H](CCc3ccccc3)C(=O)[O-])CCCC2)CCc2ccccc21.[Ca+2]. The van der Waals surface area contributed by atoms with Crippen LogP contribution in [0.3, 0.4) is 0 Å². The average Bonchev–Trinajstić information content (AvgIpc) is 3.33. The summed E-state index contributed by atoms with van der Waals surface area (Å²) in [5, 5.41) is 26.4. The molecule has 1 aliphatic carbocycles. The topological polar surface area (TPSA) is 130 Å². The molecule has 1 heterocycles. The van der Waals surface area contributed by atoms with E-state index < -0.39 is 41.8 Å². The first-order valence-corrected chi connectivity index (χ1v) is 12.9. The van der Waals surface area contributed by atoms with Gasteiger partial charge in [0.2, 0.25) is 11.8 Å². The number of benzene rings is 2. The Bertz CT molecular complexity index is 1150. The third kappa shape index (κ3) is 7.16. The second-order valence-corrected chi connectivity index (χ2v) is 10.2. The Morgan fingerprint density at radius 1 is 1.00 bits per heavy atom. The smallest absolute Gasteiger partial charge is 0.550 e. The van der Waals surface area contributed by atoms with E-state index in [0.717, 1.165) is 28.9 Å². The predicted octanol–water partition coefficient (Wildman–Crippen LogP) is 0.769. The first-order chi connectivity index (χ1) is 17.8. The molecule has 0 unspecified atom stereocenters. The van der Waals surface area contributed by atoms with Crippen LogP contribution in [-0.2, 0) is 32.0 Å². The van der Waals surface area contributed by atoms with Crippen molar-refractivity contribution < 1.29 is 29.4 Å². The molecular formula is C29H32CaN2O6. The monoisotopic (exact) mass is 544 g/mol. The molecule has 38 heavy (non-hydrogen) atoms. The number of hydrogen-bond acceptors (Lipinski definition) is 6. The van der Waals surface area contributed by atoms with Gasteiger partial charge in [-0.1, -0.05) is 61.4 Å². The predicted molar refractivity (Wildman–Crippen MR) is 139 cm³/mol. The first kappa shape index (κ1) is 30.1. The van der Waals surface area contributed by atoms with Crippen LogP contribution < -0.4 is 20.4 Å². The minimum absolute atomic E-state index is 0. The van der Waals surface area contributed by atoms with Crippen molar-refractivity contribution in [3.05, 3.63) is 65.7 Å². The first-order valence-electron chi connectivity index (χ1n) is 12.9. The zero-order valence-electron chi connectivity index (χ0n) is 21.5. The second kappa shape index (κ2) is 13.6. The van der Waals surface area contributed by atoms with Gasteiger partial charge in [-0.3, -0.25) is 9.59 Å². The maximum absolute atomic E-state index is 13.7. The Morgan fingerprint density at radius 3 is 2.32 bits per heavy atom. The summed E-state index contributed by atoms with van der Waals surface area (Å²) >= 11 is 0. The number of carboxylic acids is 2. The van der Waals surface area contributed by atoms with Crippen molar-refractivity contribution in [3.63, 3.8) is 0 Å². The van der Waals surface area contributed by atoms with Crippen LogP contribution in [0.1, 0.15) is 56.1 Å². The number of hydrogen-bond donors (Lipinski definition) is 1. The van der Waals surface area contributed by atoms with Gasteiger partial charge in [0, 0.05) is 17.1 Å². The fraction of sp³-hybridized carbons (Fsp3) is 0.448. The molecule has 0 saturated heterocycles. The van der Waals surface area contributed by atoms with E-state index in [9.17, 15) is 29.4 Å². The number of aryl methyl sites for hydroxylation is 2. The average molecular weight is 545 g/mol. The summed E-state index contributed by atoms with van der Waals surface area (Å²) in [7, 11) is 0. The number of aliphatic carboxylic acids is 2. The van der Waals surface area contributed by atoms with Gasteiger partial charge in [0.25, 0.3) is 0 Å². The van der Waals surface area contributed by atoms with Gasteiger partial charge >= 0.3 is 37.7 Å². The molecule has 0 radical (unpaired) electrons. The van der Waals surface area contributed by atoms with Crippen molar-refractivity contribution in [2.24, 2.45) is 11.3 Å². The quantitative estimate of drug-likeness (QED) is 0.440. The number of carbonyl (C=O) groups excluding carboxylic acids is 4. The third-order valence-electron chi connectivity index (χ3n) is 7.78. The van der Waals surface area contributed by atoms with Crippen molar-refractivity contribution in [3.8, 4) is 0 Å². The van der Waals surface area contributed by atoms with Gasteiger partial charge in [0.05, 0.1) is 12.5 Å². The molecule has 2 aliphatic rings. The van der Waals surface area contributed by atoms with Gasteiger partial charge in [-0.05, 0) is 68.1 Å². The van der Waals surface area contributed by atoms with Crippen molar-refractivity contribution in [2.75, 3.05) is 11.4 Å². The van der Waals surface area contributed by atoms with Crippen LogP contribution in [0, 0.1) is 11.3 Å². The van der Waals surface area contributed by atoms with Gasteiger partial charge < -0.3 is 30.0 Å². The van der Waals surface area contributed by atoms with Crippen LogP contribution in [0.2, 0.25) is 0 Å². The molecule has 2 amide bonds. The van der Waals surface area contributed by atoms with Crippen LogP contribution in [0.25, 0.3) is 0 Å². The number of nitrogens with one attached hydrogen (secondary N) is 1. The molecule has 0 aromatic heterocycles. The molecule has 4 rings (SSSR count). The molecular weight excluding hydrogens is 512 g/mol. The Hall–Kier alpha value is -2.42. The molecule has 0 bridgehead atoms. The van der Waals surface area contributed by atoms with Crippen LogP contribution >= 0.6 is 0 Å². The van der Waals surface area contributed by atoms with E-state index in [4.69, 9.17) is 0 Å². The van der Waals surface area contributed by atoms with Crippen molar-refractivity contribution >= 4 is 67.2 Å². The summed E-state index contributed by atoms with van der Waals surface area (Å²) in [6.45, 7) is -0.612. The van der Waals surface area contributed by atoms with E-state index in [1.807, 2.05) is 42.5 Å². The molecule has 1 fully saturated rings. The molecule has 1 N–H and O–H groups in total. The molecule has 1 aliphatic heterocycles. The van der Waals surface area contributed by atoms with Gasteiger partial charge in [-0.2, -0.15) is 0 Å². The number of amides is 2. The van der Waals surface area contributed by atoms with E-state index in [0.29, 0.717) is 44.2 Å². The van der Waals surface area contributed by atoms with Gasteiger partial charge in [0.1, 0.15) is 6.04 Å². The summed E-state index contributed by atoms with van der Waals surface area (Å²) in [5.74, 6) is -4.20. The fourth-order valence-corrected chi connectivity index (χ4v) is 5.79. The minimum atomic E-state index is -1.39. The maximum Gasteiger partial charge on any atom is 2.00 e. The van der Waals surface area contributed by atoms with Crippen molar-refractivity contribution in [2.45, 2.75) is 63.8 Å². The van der Waals surface area contributed by atoms with Crippen molar-refractivity contribution in [1.82, 2.24) is 5.32 Å². The molecule has 2 aromatic carbocycles. The molecule has 2 atom stereocenters. The Kier molecular flexibility index (Phi) is 10.8. The van der Waals surface area contributed by atoms with E-state index in [1.165, 1.54) is 0 Å². The van der Waals surface area contributed by atoms with E-state index in [1.54, 1.807) is 12.1 Å². The molecule has 196 valence electrons. The normalized spacial score (nSPS) is 19.0. The van der Waals surface area contributed by atoms with Crippen molar-refractivity contribution in [1.29, 1.82) is 0 Å². The molecule has 9 heteroatoms. The summed E-state index contributed by atoms with van der Waals surface area (Å²) < 4.78 is 0. The second-order valence-electron chi connectivity index (χ2n) is 10.2. The van der Waals surface area contributed by atoms with Gasteiger partial charge in [0.15, 0.2) is 0 Å². The molecule has 1 saturated carbocycles. The Morgan fingerprint density at radius 2 is 1.66 bits per heavy atom. The van der Waals surface area contributed by atoms with Crippen LogP contribution in [0.4, 0.5) is 5.69 Å². The molecule has 2 aromatic rings. The number of carboxylic acid groups (broad SMARTS) is 2. The number of anilines is 1. The number of nitrogens with zero attached hydrogens (tertiary/aromatic N) is 1. The Labute approximate surface area is 252 Å². The zero-order valence-corrected chi connectivity index (χ0v) is 23.7. The number of para-hydroxylation sites is 1. The summed E-state index contributed by atoms with van der Waals surface area (Å²) in [4.78, 5) is 51.8. The van der Waals surface area contributed by atoms with Crippen LogP contribution in [0.5, 0.6) is 0 Å². The summed E-state index contributed by atoms with van der Waals surface area (Å²) in [6, 6.07) is 15.8. The fourth-order valence-electron chi connectivity index (χ4n) is 5.79. The molecule has 8 nitrogen and oxygen atoms in total. The van der Waals surface area contributed by atoms with Crippen LogP contribution in [0.15, 0.2) is 54.6 Å².